The fraction of sp³-hybridized carbons (Fsp3) is 0.438. The van der Waals surface area contributed by atoms with E-state index in [4.69, 9.17) is 16.3 Å². The largest absolute Gasteiger partial charge is 0.388 e. The van der Waals surface area contributed by atoms with Gasteiger partial charge in [0.1, 0.15) is 11.8 Å². The van der Waals surface area contributed by atoms with Crippen molar-refractivity contribution in [2.75, 3.05) is 7.11 Å². The molecule has 3 N–H and O–H groups in total. The summed E-state index contributed by atoms with van der Waals surface area (Å²) in [6.07, 6.45) is 1.58. The second-order valence-electron chi connectivity index (χ2n) is 5.69. The van der Waals surface area contributed by atoms with Crippen LogP contribution in [0.5, 0.6) is 0 Å². The van der Waals surface area contributed by atoms with Crippen molar-refractivity contribution in [2.24, 2.45) is 0 Å². The molecule has 5 nitrogen and oxygen atoms in total. The number of hydrogen-bond acceptors (Lipinski definition) is 3. The minimum atomic E-state index is -0.679. The molecular formula is C16H19ClN2O3. The topological polar surface area (TPSA) is 74.3 Å². The summed E-state index contributed by atoms with van der Waals surface area (Å²) >= 11 is 5.95. The number of amides is 1. The number of hydrogen-bond donors (Lipinski definition) is 3. The quantitative estimate of drug-likeness (QED) is 0.812. The van der Waals surface area contributed by atoms with E-state index in [2.05, 4.69) is 10.3 Å². The summed E-state index contributed by atoms with van der Waals surface area (Å²) in [5.41, 5.74) is 1.32. The van der Waals surface area contributed by atoms with Crippen LogP contribution in [0.2, 0.25) is 5.02 Å². The first-order valence-electron chi connectivity index (χ1n) is 7.38. The summed E-state index contributed by atoms with van der Waals surface area (Å²) in [5.74, 6) is -0.229. The Balaban J connectivity index is 1.75. The van der Waals surface area contributed by atoms with Crippen molar-refractivity contribution in [1.82, 2.24) is 10.3 Å². The number of halogens is 1. The molecule has 6 heteroatoms. The van der Waals surface area contributed by atoms with Gasteiger partial charge in [0.25, 0.3) is 5.91 Å². The van der Waals surface area contributed by atoms with E-state index in [1.165, 1.54) is 0 Å². The number of benzene rings is 1. The third-order valence-corrected chi connectivity index (χ3v) is 4.48. The van der Waals surface area contributed by atoms with Gasteiger partial charge in [0, 0.05) is 23.0 Å². The van der Waals surface area contributed by atoms with E-state index in [1.54, 1.807) is 25.3 Å². The number of aromatic amines is 1. The zero-order valence-corrected chi connectivity index (χ0v) is 13.1. The lowest BCUT2D eigenvalue weighted by molar-refractivity contribution is -0.0513. The summed E-state index contributed by atoms with van der Waals surface area (Å²) in [4.78, 5) is 15.4. The highest BCUT2D eigenvalue weighted by molar-refractivity contribution is 6.31. The summed E-state index contributed by atoms with van der Waals surface area (Å²) in [5, 5.41) is 14.6. The van der Waals surface area contributed by atoms with Gasteiger partial charge in [0.05, 0.1) is 12.1 Å². The molecule has 1 aromatic heterocycles. The van der Waals surface area contributed by atoms with Crippen molar-refractivity contribution in [1.29, 1.82) is 0 Å². The third kappa shape index (κ3) is 2.97. The van der Waals surface area contributed by atoms with Crippen LogP contribution in [0, 0.1) is 0 Å². The number of rotatable bonds is 3. The Morgan fingerprint density at radius 1 is 1.41 bits per heavy atom. The number of H-pyrrole nitrogens is 1. The van der Waals surface area contributed by atoms with Crippen molar-refractivity contribution in [3.63, 3.8) is 0 Å². The van der Waals surface area contributed by atoms with Crippen LogP contribution in [0.15, 0.2) is 24.3 Å². The highest BCUT2D eigenvalue weighted by Crippen LogP contribution is 2.23. The van der Waals surface area contributed by atoms with E-state index in [-0.39, 0.29) is 18.1 Å². The number of nitrogens with one attached hydrogen (secondary N) is 2. The minimum Gasteiger partial charge on any atom is -0.388 e. The maximum absolute atomic E-state index is 12.4. The Labute approximate surface area is 133 Å². The zero-order chi connectivity index (χ0) is 15.7. The Morgan fingerprint density at radius 3 is 3.00 bits per heavy atom. The van der Waals surface area contributed by atoms with Crippen molar-refractivity contribution < 1.29 is 14.6 Å². The molecule has 1 saturated carbocycles. The summed E-state index contributed by atoms with van der Waals surface area (Å²) in [6, 6.07) is 6.89. The molecule has 1 aromatic carbocycles. The van der Waals surface area contributed by atoms with E-state index in [9.17, 15) is 9.90 Å². The molecule has 3 rings (SSSR count). The van der Waals surface area contributed by atoms with Gasteiger partial charge in [-0.2, -0.15) is 0 Å². The predicted octanol–water partition coefficient (Wildman–Crippen LogP) is 2.48. The Morgan fingerprint density at radius 2 is 2.23 bits per heavy atom. The number of aromatic nitrogens is 1. The average Bonchev–Trinajstić information content (AvgIpc) is 2.92. The molecule has 2 aromatic rings. The van der Waals surface area contributed by atoms with E-state index in [1.807, 2.05) is 6.07 Å². The van der Waals surface area contributed by atoms with Gasteiger partial charge in [-0.3, -0.25) is 4.79 Å². The van der Waals surface area contributed by atoms with Crippen LogP contribution in [0.4, 0.5) is 0 Å². The van der Waals surface area contributed by atoms with Crippen LogP contribution in [0.3, 0.4) is 0 Å². The first kappa shape index (κ1) is 15.3. The van der Waals surface area contributed by atoms with Crippen LogP contribution < -0.4 is 5.32 Å². The molecule has 0 saturated heterocycles. The molecule has 22 heavy (non-hydrogen) atoms. The predicted molar refractivity (Wildman–Crippen MR) is 85.2 cm³/mol. The first-order chi connectivity index (χ1) is 10.6. The number of fused-ring (bicyclic) bond motifs is 1. The number of aliphatic hydroxyl groups excluding tert-OH is 1. The molecule has 0 bridgehead atoms. The van der Waals surface area contributed by atoms with Gasteiger partial charge >= 0.3 is 0 Å². The van der Waals surface area contributed by atoms with Crippen molar-refractivity contribution in [2.45, 2.75) is 37.5 Å². The highest BCUT2D eigenvalue weighted by Gasteiger charge is 2.33. The Bertz CT molecular complexity index is 685. The van der Waals surface area contributed by atoms with Crippen molar-refractivity contribution >= 4 is 28.4 Å². The molecule has 1 heterocycles. The lowest BCUT2D eigenvalue weighted by atomic mass is 9.90. The average molecular weight is 323 g/mol. The standard InChI is InChI=1S/C16H19ClN2O3/c1-22-14-4-2-3-12(15(14)20)19-16(21)13-8-9-7-10(17)5-6-11(9)18-13/h5-8,12,14-15,18,20H,2-4H2,1H3,(H,19,21)/t12-,14-,15-/m1/s1. The SMILES string of the molecule is CO[C@@H]1CCC[C@@H](NC(=O)c2cc3cc(Cl)ccc3[nH]2)[C@H]1O. The fourth-order valence-corrected chi connectivity index (χ4v) is 3.21. The molecule has 1 aliphatic rings. The van der Waals surface area contributed by atoms with E-state index >= 15 is 0 Å². The van der Waals surface area contributed by atoms with Crippen LogP contribution in [-0.2, 0) is 4.74 Å². The van der Waals surface area contributed by atoms with Gasteiger partial charge < -0.3 is 20.1 Å². The first-order valence-corrected chi connectivity index (χ1v) is 7.76. The summed E-state index contributed by atoms with van der Waals surface area (Å²) in [7, 11) is 1.58. The van der Waals surface area contributed by atoms with E-state index in [0.717, 1.165) is 30.2 Å². The number of carbonyl (C=O) groups excluding carboxylic acids is 1. The Kier molecular flexibility index (Phi) is 4.38. The lowest BCUT2D eigenvalue weighted by Crippen LogP contribution is -2.51. The maximum Gasteiger partial charge on any atom is 0.268 e. The van der Waals surface area contributed by atoms with Gasteiger partial charge in [0.2, 0.25) is 0 Å². The number of ether oxygens (including phenoxy) is 1. The van der Waals surface area contributed by atoms with Crippen molar-refractivity contribution in [3.8, 4) is 0 Å². The monoisotopic (exact) mass is 322 g/mol. The van der Waals surface area contributed by atoms with Gasteiger partial charge in [-0.25, -0.2) is 0 Å². The van der Waals surface area contributed by atoms with Gasteiger partial charge in [-0.1, -0.05) is 11.6 Å². The second kappa shape index (κ2) is 6.28. The Hall–Kier alpha value is -1.56. The molecule has 1 fully saturated rings. The smallest absolute Gasteiger partial charge is 0.268 e. The van der Waals surface area contributed by atoms with Gasteiger partial charge in [-0.15, -0.1) is 0 Å². The normalized spacial score (nSPS) is 25.3. The van der Waals surface area contributed by atoms with E-state index in [0.29, 0.717) is 10.7 Å². The molecule has 0 spiro atoms. The maximum atomic E-state index is 12.4. The number of carbonyl (C=O) groups is 1. The fourth-order valence-electron chi connectivity index (χ4n) is 3.03. The molecule has 0 radical (unpaired) electrons. The third-order valence-electron chi connectivity index (χ3n) is 4.24. The molecule has 3 atom stereocenters. The van der Waals surface area contributed by atoms with Crippen LogP contribution in [0.1, 0.15) is 29.8 Å². The minimum absolute atomic E-state index is 0.222. The molecule has 1 aliphatic carbocycles. The highest BCUT2D eigenvalue weighted by atomic mass is 35.5. The second-order valence-corrected chi connectivity index (χ2v) is 6.13. The zero-order valence-electron chi connectivity index (χ0n) is 12.3. The molecule has 1 amide bonds. The van der Waals surface area contributed by atoms with Gasteiger partial charge in [0.15, 0.2) is 0 Å². The number of aliphatic hydroxyl groups is 1. The molecular weight excluding hydrogens is 304 g/mol. The van der Waals surface area contributed by atoms with Crippen LogP contribution in [0.25, 0.3) is 10.9 Å². The van der Waals surface area contributed by atoms with Crippen LogP contribution in [-0.4, -0.2) is 41.4 Å². The van der Waals surface area contributed by atoms with Crippen molar-refractivity contribution in [3.05, 3.63) is 35.0 Å². The summed E-state index contributed by atoms with van der Waals surface area (Å²) < 4.78 is 5.26. The molecule has 0 aliphatic heterocycles. The number of methoxy groups -OCH3 is 1. The molecule has 118 valence electrons. The molecule has 0 unspecified atom stereocenters. The summed E-state index contributed by atoms with van der Waals surface area (Å²) in [6.45, 7) is 0. The lowest BCUT2D eigenvalue weighted by Gasteiger charge is -2.34. The van der Waals surface area contributed by atoms with Crippen LogP contribution >= 0.6 is 11.6 Å². The van der Waals surface area contributed by atoms with Gasteiger partial charge in [-0.05, 0) is 43.5 Å². The van der Waals surface area contributed by atoms with E-state index < -0.39 is 6.10 Å².